The number of benzene rings is 4. The summed E-state index contributed by atoms with van der Waals surface area (Å²) in [4.78, 5) is 30.7. The van der Waals surface area contributed by atoms with Crippen LogP contribution < -0.4 is 14.4 Å². The Morgan fingerprint density at radius 3 is 2.17 bits per heavy atom. The van der Waals surface area contributed by atoms with E-state index in [9.17, 15) is 18.0 Å². The highest BCUT2D eigenvalue weighted by Crippen LogP contribution is 2.34. The van der Waals surface area contributed by atoms with E-state index in [-0.39, 0.29) is 35.5 Å². The predicted molar refractivity (Wildman–Crippen MR) is 189 cm³/mol. The summed E-state index contributed by atoms with van der Waals surface area (Å²) in [6.07, 6.45) is 5.30. The molecular weight excluding hydrogens is 623 g/mol. The molecule has 1 aliphatic carbocycles. The van der Waals surface area contributed by atoms with E-state index in [0.717, 1.165) is 58.7 Å². The summed E-state index contributed by atoms with van der Waals surface area (Å²) in [5.41, 5.74) is 3.79. The lowest BCUT2D eigenvalue weighted by Crippen LogP contribution is -2.55. The first-order chi connectivity index (χ1) is 23.2. The molecule has 1 atom stereocenters. The summed E-state index contributed by atoms with van der Waals surface area (Å²) in [6, 6.07) is 29.8. The Balaban J connectivity index is 1.60. The summed E-state index contributed by atoms with van der Waals surface area (Å²) >= 11 is 0. The number of anilines is 1. The van der Waals surface area contributed by atoms with Gasteiger partial charge in [-0.05, 0) is 73.2 Å². The monoisotopic (exact) mass is 667 g/mol. The molecule has 5 rings (SSSR count). The van der Waals surface area contributed by atoms with Crippen molar-refractivity contribution in [1.82, 2.24) is 10.2 Å². The predicted octanol–water partition coefficient (Wildman–Crippen LogP) is 6.60. The van der Waals surface area contributed by atoms with E-state index >= 15 is 0 Å². The molecule has 2 amide bonds. The van der Waals surface area contributed by atoms with Crippen molar-refractivity contribution in [3.8, 4) is 5.75 Å². The smallest absolute Gasteiger partial charge is 0.264 e. The lowest BCUT2D eigenvalue weighted by atomic mass is 9.94. The third-order valence-electron chi connectivity index (χ3n) is 9.04. The Morgan fingerprint density at radius 1 is 0.854 bits per heavy atom. The second-order valence-electron chi connectivity index (χ2n) is 12.5. The van der Waals surface area contributed by atoms with Crippen molar-refractivity contribution in [2.24, 2.45) is 0 Å². The second kappa shape index (κ2) is 16.0. The Kier molecular flexibility index (Phi) is 11.5. The summed E-state index contributed by atoms with van der Waals surface area (Å²) in [7, 11) is -2.76. The van der Waals surface area contributed by atoms with Gasteiger partial charge in [0, 0.05) is 19.0 Å². The fourth-order valence-electron chi connectivity index (χ4n) is 6.30. The molecule has 0 radical (unpaired) electrons. The zero-order valence-corrected chi connectivity index (χ0v) is 28.8. The lowest BCUT2D eigenvalue weighted by molar-refractivity contribution is -0.140. The minimum absolute atomic E-state index is 0.0337. The molecule has 0 spiro atoms. The van der Waals surface area contributed by atoms with E-state index < -0.39 is 28.5 Å². The number of hydrogen-bond acceptors (Lipinski definition) is 5. The van der Waals surface area contributed by atoms with E-state index in [4.69, 9.17) is 4.74 Å². The molecule has 0 saturated heterocycles. The molecule has 9 heteroatoms. The highest BCUT2D eigenvalue weighted by Gasteiger charge is 2.36. The highest BCUT2D eigenvalue weighted by atomic mass is 32.2. The summed E-state index contributed by atoms with van der Waals surface area (Å²) in [5.74, 6) is -0.423. The Hall–Kier alpha value is -4.63. The zero-order valence-electron chi connectivity index (χ0n) is 28.0. The van der Waals surface area contributed by atoms with E-state index in [1.807, 2.05) is 74.5 Å². The van der Waals surface area contributed by atoms with E-state index in [1.165, 1.54) is 19.2 Å². The normalized spacial score (nSPS) is 14.1. The van der Waals surface area contributed by atoms with Crippen molar-refractivity contribution in [2.75, 3.05) is 18.0 Å². The van der Waals surface area contributed by atoms with Crippen LogP contribution in [0.1, 0.15) is 54.4 Å². The van der Waals surface area contributed by atoms with Crippen molar-refractivity contribution in [3.63, 3.8) is 0 Å². The molecule has 1 N–H and O–H groups in total. The van der Waals surface area contributed by atoms with Crippen LogP contribution in [0.4, 0.5) is 5.69 Å². The van der Waals surface area contributed by atoms with Gasteiger partial charge in [-0.15, -0.1) is 0 Å². The molecule has 4 aromatic carbocycles. The molecule has 1 fully saturated rings. The number of carbonyl (C=O) groups is 2. The van der Waals surface area contributed by atoms with Crippen LogP contribution in [0.25, 0.3) is 0 Å². The van der Waals surface area contributed by atoms with Crippen LogP contribution in [0.5, 0.6) is 5.75 Å². The quantitative estimate of drug-likeness (QED) is 0.174. The number of nitrogens with one attached hydrogen (secondary N) is 1. The second-order valence-corrected chi connectivity index (χ2v) is 14.4. The van der Waals surface area contributed by atoms with Gasteiger partial charge >= 0.3 is 0 Å². The number of methoxy groups -OCH3 is 1. The number of ether oxygens (including phenoxy) is 1. The largest absolute Gasteiger partial charge is 0.495 e. The zero-order chi connectivity index (χ0) is 34.1. The van der Waals surface area contributed by atoms with Crippen molar-refractivity contribution >= 4 is 27.5 Å². The number of carbonyl (C=O) groups excluding carboxylic acids is 2. The number of aryl methyl sites for hydroxylation is 2. The van der Waals surface area contributed by atoms with Crippen molar-refractivity contribution in [1.29, 1.82) is 0 Å². The van der Waals surface area contributed by atoms with Gasteiger partial charge in [0.1, 0.15) is 18.3 Å². The van der Waals surface area contributed by atoms with Gasteiger partial charge in [0.2, 0.25) is 11.8 Å². The molecule has 8 nitrogen and oxygen atoms in total. The molecule has 0 heterocycles. The average molecular weight is 668 g/mol. The first kappa shape index (κ1) is 34.7. The summed E-state index contributed by atoms with van der Waals surface area (Å²) in [5, 5.41) is 3.26. The van der Waals surface area contributed by atoms with E-state index in [1.54, 1.807) is 35.2 Å². The molecule has 0 bridgehead atoms. The first-order valence-corrected chi connectivity index (χ1v) is 18.0. The van der Waals surface area contributed by atoms with Crippen molar-refractivity contribution in [2.45, 2.75) is 75.9 Å². The molecule has 252 valence electrons. The van der Waals surface area contributed by atoms with Gasteiger partial charge in [0.15, 0.2) is 0 Å². The van der Waals surface area contributed by atoms with E-state index in [2.05, 4.69) is 5.32 Å². The Labute approximate surface area is 284 Å². The van der Waals surface area contributed by atoms with Crippen LogP contribution in [-0.4, -0.2) is 50.9 Å². The molecular formula is C39H45N3O5S. The van der Waals surface area contributed by atoms with Gasteiger partial charge in [0.05, 0.1) is 17.7 Å². The number of hydrogen-bond donors (Lipinski definition) is 1. The highest BCUT2D eigenvalue weighted by molar-refractivity contribution is 7.92. The number of rotatable bonds is 13. The van der Waals surface area contributed by atoms with Gasteiger partial charge in [-0.2, -0.15) is 0 Å². The maximum atomic E-state index is 14.8. The maximum absolute atomic E-state index is 14.8. The molecule has 4 aromatic rings. The van der Waals surface area contributed by atoms with Crippen LogP contribution in [0.2, 0.25) is 0 Å². The number of amides is 2. The van der Waals surface area contributed by atoms with Gasteiger partial charge < -0.3 is 15.0 Å². The summed E-state index contributed by atoms with van der Waals surface area (Å²) < 4.78 is 35.5. The number of nitrogens with zero attached hydrogens (tertiary/aromatic N) is 2. The third kappa shape index (κ3) is 8.44. The Morgan fingerprint density at radius 2 is 1.50 bits per heavy atom. The maximum Gasteiger partial charge on any atom is 0.264 e. The van der Waals surface area contributed by atoms with Crippen molar-refractivity contribution < 1.29 is 22.7 Å². The third-order valence-corrected chi connectivity index (χ3v) is 10.8. The molecule has 0 aliphatic heterocycles. The average Bonchev–Trinajstić information content (AvgIpc) is 3.10. The van der Waals surface area contributed by atoms with Gasteiger partial charge in [-0.25, -0.2) is 8.42 Å². The topological polar surface area (TPSA) is 96.0 Å². The fourth-order valence-corrected chi connectivity index (χ4v) is 7.73. The molecule has 48 heavy (non-hydrogen) atoms. The molecule has 1 aliphatic rings. The van der Waals surface area contributed by atoms with Crippen LogP contribution >= 0.6 is 0 Å². The van der Waals surface area contributed by atoms with Crippen LogP contribution in [-0.2, 0) is 32.6 Å². The lowest BCUT2D eigenvalue weighted by Gasteiger charge is -2.35. The van der Waals surface area contributed by atoms with Gasteiger partial charge in [-0.3, -0.25) is 13.9 Å². The van der Waals surface area contributed by atoms with Crippen LogP contribution in [0, 0.1) is 13.8 Å². The number of sulfonamides is 1. The van der Waals surface area contributed by atoms with Gasteiger partial charge in [0.25, 0.3) is 10.0 Å². The SMILES string of the molecule is COc1ccc(C)cc1N(CC(=O)N(Cc1ccccc1C)C(Cc1ccccc1)C(=O)NC1CCCCC1)S(=O)(=O)c1ccccc1. The minimum atomic E-state index is -4.24. The van der Waals surface area contributed by atoms with Gasteiger partial charge in [-0.1, -0.05) is 98.1 Å². The summed E-state index contributed by atoms with van der Waals surface area (Å²) in [6.45, 7) is 3.42. The fraction of sp³-hybridized carbons (Fsp3) is 0.333. The Bertz CT molecular complexity index is 1790. The molecule has 0 aromatic heterocycles. The van der Waals surface area contributed by atoms with Crippen LogP contribution in [0.3, 0.4) is 0 Å². The standard InChI is InChI=1S/C39H45N3O5S/c1-29-23-24-37(47-3)35(25-29)42(48(45,46)34-21-11-6-12-22-34)28-38(43)41(27-32-18-14-13-15-30(32)2)36(26-31-16-7-4-8-17-31)39(44)40-33-19-9-5-10-20-33/h4,6-8,11-18,21-25,33,36H,5,9-10,19-20,26-28H2,1-3H3,(H,40,44). The van der Waals surface area contributed by atoms with E-state index in [0.29, 0.717) is 5.75 Å². The molecule has 1 unspecified atom stereocenters. The minimum Gasteiger partial charge on any atom is -0.495 e. The molecule has 1 saturated carbocycles. The first-order valence-electron chi connectivity index (χ1n) is 16.6. The van der Waals surface area contributed by atoms with Crippen LogP contribution in [0.15, 0.2) is 108 Å². The van der Waals surface area contributed by atoms with Crippen molar-refractivity contribution in [3.05, 3.63) is 125 Å².